The molecule has 0 aliphatic carbocycles. The lowest BCUT2D eigenvalue weighted by Gasteiger charge is -2.09. The number of anilines is 1. The molecule has 0 saturated carbocycles. The van der Waals surface area contributed by atoms with Crippen molar-refractivity contribution in [3.8, 4) is 17.5 Å². The van der Waals surface area contributed by atoms with Crippen molar-refractivity contribution in [2.24, 2.45) is 0 Å². The third kappa shape index (κ3) is 3.06. The zero-order chi connectivity index (χ0) is 14.7. The van der Waals surface area contributed by atoms with Gasteiger partial charge in [0.25, 0.3) is 0 Å². The van der Waals surface area contributed by atoms with E-state index >= 15 is 0 Å². The van der Waals surface area contributed by atoms with Gasteiger partial charge in [-0.2, -0.15) is 10.2 Å². The number of hydrogen-bond acceptors (Lipinski definition) is 5. The molecule has 1 aliphatic rings. The Bertz CT molecular complexity index is 649. The lowest BCUT2D eigenvalue weighted by Crippen LogP contribution is -2.18. The van der Waals surface area contributed by atoms with Gasteiger partial charge in [-0.05, 0) is 31.9 Å². The lowest BCUT2D eigenvalue weighted by molar-refractivity contribution is 0.120. The van der Waals surface area contributed by atoms with Crippen molar-refractivity contribution in [3.05, 3.63) is 35.5 Å². The molecule has 1 aliphatic heterocycles. The highest BCUT2D eigenvalue weighted by Gasteiger charge is 2.18. The van der Waals surface area contributed by atoms with E-state index in [2.05, 4.69) is 16.4 Å². The van der Waals surface area contributed by atoms with E-state index in [1.54, 1.807) is 0 Å². The van der Waals surface area contributed by atoms with Gasteiger partial charge in [-0.25, -0.2) is 0 Å². The third-order valence-corrected chi connectivity index (χ3v) is 3.55. The van der Waals surface area contributed by atoms with Crippen molar-refractivity contribution in [2.75, 3.05) is 18.5 Å². The van der Waals surface area contributed by atoms with Crippen LogP contribution in [0.1, 0.15) is 24.1 Å². The number of benzene rings is 1. The Balaban J connectivity index is 1.77. The second-order valence-electron chi connectivity index (χ2n) is 5.19. The van der Waals surface area contributed by atoms with Gasteiger partial charge in [-0.1, -0.05) is 17.7 Å². The highest BCUT2D eigenvalue weighted by atomic mass is 16.5. The minimum atomic E-state index is 0.185. The standard InChI is InChI=1S/C16H17N3O2/c1-11-4-6-12(7-5-11)15-19-14(9-17)16(21-15)18-10-13-3-2-8-20-13/h4-7,13,18H,2-3,8,10H2,1H3/t13-/m0/s1. The Morgan fingerprint density at radius 1 is 1.38 bits per heavy atom. The topological polar surface area (TPSA) is 71.1 Å². The number of aryl methyl sites for hydroxylation is 1. The fourth-order valence-corrected chi connectivity index (χ4v) is 2.35. The maximum atomic E-state index is 9.17. The summed E-state index contributed by atoms with van der Waals surface area (Å²) < 4.78 is 11.2. The summed E-state index contributed by atoms with van der Waals surface area (Å²) in [6.07, 6.45) is 2.31. The van der Waals surface area contributed by atoms with Crippen LogP contribution in [0.2, 0.25) is 0 Å². The number of ether oxygens (including phenoxy) is 1. The van der Waals surface area contributed by atoms with Crippen LogP contribution in [0.15, 0.2) is 28.7 Å². The number of aromatic nitrogens is 1. The molecule has 108 valence electrons. The molecule has 5 heteroatoms. The molecule has 5 nitrogen and oxygen atoms in total. The Labute approximate surface area is 123 Å². The van der Waals surface area contributed by atoms with Gasteiger partial charge < -0.3 is 14.5 Å². The molecular formula is C16H17N3O2. The summed E-state index contributed by atoms with van der Waals surface area (Å²) >= 11 is 0. The molecule has 1 aromatic carbocycles. The van der Waals surface area contributed by atoms with E-state index in [9.17, 15) is 5.26 Å². The zero-order valence-electron chi connectivity index (χ0n) is 11.9. The Hall–Kier alpha value is -2.32. The van der Waals surface area contributed by atoms with Gasteiger partial charge in [-0.15, -0.1) is 0 Å². The quantitative estimate of drug-likeness (QED) is 0.933. The molecule has 21 heavy (non-hydrogen) atoms. The third-order valence-electron chi connectivity index (χ3n) is 3.55. The second-order valence-corrected chi connectivity index (χ2v) is 5.19. The molecule has 0 spiro atoms. The van der Waals surface area contributed by atoms with Crippen LogP contribution in [-0.4, -0.2) is 24.2 Å². The van der Waals surface area contributed by atoms with Crippen LogP contribution in [0.3, 0.4) is 0 Å². The Kier molecular flexibility index (Phi) is 3.89. The molecule has 0 bridgehead atoms. The van der Waals surface area contributed by atoms with E-state index in [1.807, 2.05) is 31.2 Å². The van der Waals surface area contributed by atoms with Crippen LogP contribution >= 0.6 is 0 Å². The Morgan fingerprint density at radius 2 is 2.19 bits per heavy atom. The first-order valence-corrected chi connectivity index (χ1v) is 7.09. The van der Waals surface area contributed by atoms with Crippen LogP contribution in [0.5, 0.6) is 0 Å². The zero-order valence-corrected chi connectivity index (χ0v) is 11.9. The van der Waals surface area contributed by atoms with E-state index in [1.165, 1.54) is 5.56 Å². The maximum absolute atomic E-state index is 9.17. The van der Waals surface area contributed by atoms with E-state index in [-0.39, 0.29) is 11.8 Å². The van der Waals surface area contributed by atoms with Gasteiger partial charge in [0.1, 0.15) is 6.07 Å². The fourth-order valence-electron chi connectivity index (χ4n) is 2.35. The number of nitrogens with one attached hydrogen (secondary N) is 1. The predicted octanol–water partition coefficient (Wildman–Crippen LogP) is 3.11. The van der Waals surface area contributed by atoms with Crippen LogP contribution in [0, 0.1) is 18.3 Å². The minimum absolute atomic E-state index is 0.185. The van der Waals surface area contributed by atoms with Crippen molar-refractivity contribution in [2.45, 2.75) is 25.9 Å². The van der Waals surface area contributed by atoms with Gasteiger partial charge in [-0.3, -0.25) is 0 Å². The Morgan fingerprint density at radius 3 is 2.86 bits per heavy atom. The fraction of sp³-hybridized carbons (Fsp3) is 0.375. The molecule has 0 radical (unpaired) electrons. The van der Waals surface area contributed by atoms with Crippen LogP contribution in [0.4, 0.5) is 5.88 Å². The average molecular weight is 283 g/mol. The van der Waals surface area contributed by atoms with E-state index in [0.717, 1.165) is 25.0 Å². The molecule has 0 unspecified atom stereocenters. The normalized spacial score (nSPS) is 17.6. The van der Waals surface area contributed by atoms with Gasteiger partial charge >= 0.3 is 0 Å². The molecule has 0 amide bonds. The van der Waals surface area contributed by atoms with Gasteiger partial charge in [0, 0.05) is 18.7 Å². The summed E-state index contributed by atoms with van der Waals surface area (Å²) in [4.78, 5) is 4.24. The van der Waals surface area contributed by atoms with Crippen molar-refractivity contribution in [3.63, 3.8) is 0 Å². The first-order chi connectivity index (χ1) is 10.3. The molecule has 1 saturated heterocycles. The SMILES string of the molecule is Cc1ccc(-c2nc(C#N)c(NC[C@@H]3CCCO3)o2)cc1. The molecule has 2 heterocycles. The number of nitrogens with zero attached hydrogens (tertiary/aromatic N) is 2. The minimum Gasteiger partial charge on any atom is -0.419 e. The van der Waals surface area contributed by atoms with Crippen LogP contribution < -0.4 is 5.32 Å². The van der Waals surface area contributed by atoms with Crippen molar-refractivity contribution in [1.29, 1.82) is 5.26 Å². The molecule has 3 rings (SSSR count). The second kappa shape index (κ2) is 5.98. The van der Waals surface area contributed by atoms with Crippen LogP contribution in [0.25, 0.3) is 11.5 Å². The largest absolute Gasteiger partial charge is 0.419 e. The van der Waals surface area contributed by atoms with Crippen LogP contribution in [-0.2, 0) is 4.74 Å². The van der Waals surface area contributed by atoms with Crippen molar-refractivity contribution < 1.29 is 9.15 Å². The van der Waals surface area contributed by atoms with Crippen molar-refractivity contribution in [1.82, 2.24) is 4.98 Å². The average Bonchev–Trinajstić information content (AvgIpc) is 3.15. The summed E-state index contributed by atoms with van der Waals surface area (Å²) in [6.45, 7) is 3.47. The number of oxazole rings is 1. The summed E-state index contributed by atoms with van der Waals surface area (Å²) in [7, 11) is 0. The smallest absolute Gasteiger partial charge is 0.232 e. The monoisotopic (exact) mass is 283 g/mol. The first kappa shape index (κ1) is 13.7. The number of nitriles is 1. The van der Waals surface area contributed by atoms with Gasteiger partial charge in [0.05, 0.1) is 6.10 Å². The predicted molar refractivity (Wildman–Crippen MR) is 78.9 cm³/mol. The maximum Gasteiger partial charge on any atom is 0.232 e. The van der Waals surface area contributed by atoms with Gasteiger partial charge in [0.15, 0.2) is 0 Å². The lowest BCUT2D eigenvalue weighted by atomic mass is 10.1. The highest BCUT2D eigenvalue weighted by molar-refractivity contribution is 5.59. The van der Waals surface area contributed by atoms with Crippen molar-refractivity contribution >= 4 is 5.88 Å². The molecule has 1 aromatic heterocycles. The van der Waals surface area contributed by atoms with E-state index in [0.29, 0.717) is 18.3 Å². The summed E-state index contributed by atoms with van der Waals surface area (Å²) in [5.74, 6) is 0.880. The molecular weight excluding hydrogens is 266 g/mol. The first-order valence-electron chi connectivity index (χ1n) is 7.09. The summed E-state index contributed by atoms with van der Waals surface area (Å²) in [5.41, 5.74) is 2.31. The van der Waals surface area contributed by atoms with E-state index in [4.69, 9.17) is 9.15 Å². The molecule has 2 aromatic rings. The van der Waals surface area contributed by atoms with Gasteiger partial charge in [0.2, 0.25) is 17.5 Å². The number of hydrogen-bond donors (Lipinski definition) is 1. The number of rotatable bonds is 4. The highest BCUT2D eigenvalue weighted by Crippen LogP contribution is 2.26. The summed E-state index contributed by atoms with van der Waals surface area (Å²) in [6, 6.07) is 9.92. The van der Waals surface area contributed by atoms with E-state index < -0.39 is 0 Å². The molecule has 1 N–H and O–H groups in total. The summed E-state index contributed by atoms with van der Waals surface area (Å²) in [5, 5.41) is 12.3. The molecule has 1 fully saturated rings. The molecule has 1 atom stereocenters.